The summed E-state index contributed by atoms with van der Waals surface area (Å²) in [6.07, 6.45) is 5.21. The zero-order valence-electron chi connectivity index (χ0n) is 12.2. The van der Waals surface area contributed by atoms with Gasteiger partial charge in [-0.1, -0.05) is 0 Å². The third-order valence-electron chi connectivity index (χ3n) is 4.15. The topological polar surface area (TPSA) is 67.5 Å². The highest BCUT2D eigenvalue weighted by molar-refractivity contribution is 5.67. The maximum Gasteiger partial charge on any atom is 0.242 e. The van der Waals surface area contributed by atoms with Gasteiger partial charge in [0.1, 0.15) is 12.0 Å². The Labute approximate surface area is 114 Å². The van der Waals surface area contributed by atoms with Gasteiger partial charge in [-0.05, 0) is 33.4 Å². The minimum Gasteiger partial charge on any atom is -0.479 e. The number of ether oxygens (including phenoxy) is 1. The van der Waals surface area contributed by atoms with Gasteiger partial charge in [0.05, 0.1) is 7.11 Å². The molecular formula is C13H23N5O. The highest BCUT2D eigenvalue weighted by atomic mass is 16.5. The van der Waals surface area contributed by atoms with Crippen molar-refractivity contribution in [3.05, 3.63) is 6.33 Å². The minimum atomic E-state index is 0.235. The van der Waals surface area contributed by atoms with Crippen LogP contribution in [0.2, 0.25) is 0 Å². The second-order valence-electron chi connectivity index (χ2n) is 5.45. The van der Waals surface area contributed by atoms with E-state index in [9.17, 15) is 0 Å². The molecule has 1 aliphatic carbocycles. The van der Waals surface area contributed by atoms with E-state index in [2.05, 4.69) is 33.9 Å². The van der Waals surface area contributed by atoms with Gasteiger partial charge in [-0.25, -0.2) is 4.98 Å². The van der Waals surface area contributed by atoms with Crippen molar-refractivity contribution >= 4 is 11.5 Å². The second-order valence-corrected chi connectivity index (χ2v) is 5.45. The minimum absolute atomic E-state index is 0.235. The Bertz CT molecular complexity index is 445. The summed E-state index contributed by atoms with van der Waals surface area (Å²) in [5.74, 6) is 1.17. The summed E-state index contributed by atoms with van der Waals surface area (Å²) in [7, 11) is 7.85. The highest BCUT2D eigenvalue weighted by Gasteiger charge is 2.40. The molecule has 1 aromatic rings. The van der Waals surface area contributed by atoms with Crippen LogP contribution in [-0.4, -0.2) is 55.2 Å². The van der Waals surface area contributed by atoms with E-state index in [0.29, 0.717) is 11.6 Å². The average molecular weight is 265 g/mol. The summed E-state index contributed by atoms with van der Waals surface area (Å²) >= 11 is 0. The van der Waals surface area contributed by atoms with Gasteiger partial charge in [0.15, 0.2) is 5.82 Å². The molecule has 1 fully saturated rings. The van der Waals surface area contributed by atoms with Crippen LogP contribution in [-0.2, 0) is 0 Å². The van der Waals surface area contributed by atoms with Crippen LogP contribution in [0.3, 0.4) is 0 Å². The molecule has 0 unspecified atom stereocenters. The van der Waals surface area contributed by atoms with Crippen molar-refractivity contribution in [2.24, 2.45) is 0 Å². The molecule has 1 aliphatic rings. The van der Waals surface area contributed by atoms with Crippen LogP contribution < -0.4 is 15.4 Å². The van der Waals surface area contributed by atoms with Gasteiger partial charge in [0.2, 0.25) is 5.88 Å². The number of methoxy groups -OCH3 is 1. The van der Waals surface area contributed by atoms with Gasteiger partial charge in [0, 0.05) is 19.1 Å². The Morgan fingerprint density at radius 2 is 2.00 bits per heavy atom. The average Bonchev–Trinajstić information content (AvgIpc) is 2.33. The van der Waals surface area contributed by atoms with Gasteiger partial charge in [0.25, 0.3) is 0 Å². The molecule has 0 aromatic carbocycles. The van der Waals surface area contributed by atoms with Crippen molar-refractivity contribution in [1.82, 2.24) is 14.9 Å². The SMILES string of the molecule is COc1ncnc(N(C)CC2(N(C)C)CCC2)c1N. The Hall–Kier alpha value is -1.56. The van der Waals surface area contributed by atoms with Gasteiger partial charge in [-0.2, -0.15) is 4.98 Å². The fraction of sp³-hybridized carbons (Fsp3) is 0.692. The van der Waals surface area contributed by atoms with Crippen LogP contribution in [0.25, 0.3) is 0 Å². The molecule has 6 heteroatoms. The predicted molar refractivity (Wildman–Crippen MR) is 76.5 cm³/mol. The molecule has 1 saturated carbocycles. The number of aromatic nitrogens is 2. The van der Waals surface area contributed by atoms with Crippen LogP contribution in [0.15, 0.2) is 6.33 Å². The second kappa shape index (κ2) is 5.21. The van der Waals surface area contributed by atoms with Crippen LogP contribution in [0.5, 0.6) is 5.88 Å². The van der Waals surface area contributed by atoms with Gasteiger partial charge in [-0.3, -0.25) is 0 Å². The molecule has 106 valence electrons. The lowest BCUT2D eigenvalue weighted by molar-refractivity contribution is 0.0682. The molecule has 0 saturated heterocycles. The Morgan fingerprint density at radius 3 is 2.47 bits per heavy atom. The zero-order chi connectivity index (χ0) is 14.0. The van der Waals surface area contributed by atoms with Gasteiger partial charge < -0.3 is 20.3 Å². The number of hydrogen-bond donors (Lipinski definition) is 1. The Morgan fingerprint density at radius 1 is 1.32 bits per heavy atom. The van der Waals surface area contributed by atoms with E-state index < -0.39 is 0 Å². The largest absolute Gasteiger partial charge is 0.479 e. The first-order valence-corrected chi connectivity index (χ1v) is 6.53. The predicted octanol–water partition coefficient (Wildman–Crippen LogP) is 0.988. The number of likely N-dealkylation sites (N-methyl/N-ethyl adjacent to an activating group) is 2. The standard InChI is InChI=1S/C13H23N5O/c1-17(2)13(6-5-7-13)8-18(3)11-10(14)12(19-4)16-9-15-11/h9H,5-8,14H2,1-4H3. The molecule has 1 heterocycles. The van der Waals surface area contributed by atoms with E-state index in [0.717, 1.165) is 12.4 Å². The zero-order valence-corrected chi connectivity index (χ0v) is 12.2. The van der Waals surface area contributed by atoms with Gasteiger partial charge in [-0.15, -0.1) is 0 Å². The van der Waals surface area contributed by atoms with Crippen molar-refractivity contribution < 1.29 is 4.74 Å². The van der Waals surface area contributed by atoms with E-state index in [1.807, 2.05) is 7.05 Å². The summed E-state index contributed by atoms with van der Waals surface area (Å²) in [4.78, 5) is 12.7. The summed E-state index contributed by atoms with van der Waals surface area (Å²) in [6, 6.07) is 0. The molecular weight excluding hydrogens is 242 g/mol. The maximum atomic E-state index is 6.04. The van der Waals surface area contributed by atoms with E-state index in [1.165, 1.54) is 25.6 Å². The molecule has 2 N–H and O–H groups in total. The monoisotopic (exact) mass is 265 g/mol. The maximum absolute atomic E-state index is 6.04. The molecule has 0 bridgehead atoms. The smallest absolute Gasteiger partial charge is 0.242 e. The molecule has 0 aliphatic heterocycles. The number of hydrogen-bond acceptors (Lipinski definition) is 6. The van der Waals surface area contributed by atoms with E-state index >= 15 is 0 Å². The van der Waals surface area contributed by atoms with Crippen molar-refractivity contribution in [1.29, 1.82) is 0 Å². The number of nitrogens with two attached hydrogens (primary N) is 1. The van der Waals surface area contributed by atoms with Crippen LogP contribution in [0.4, 0.5) is 11.5 Å². The number of nitrogens with zero attached hydrogens (tertiary/aromatic N) is 4. The Kier molecular flexibility index (Phi) is 3.80. The quantitative estimate of drug-likeness (QED) is 0.856. The summed E-state index contributed by atoms with van der Waals surface area (Å²) < 4.78 is 5.14. The molecule has 6 nitrogen and oxygen atoms in total. The summed E-state index contributed by atoms with van der Waals surface area (Å²) in [5, 5.41) is 0. The first-order valence-electron chi connectivity index (χ1n) is 6.53. The summed E-state index contributed by atoms with van der Waals surface area (Å²) in [5.41, 5.74) is 6.78. The van der Waals surface area contributed by atoms with E-state index in [-0.39, 0.29) is 5.54 Å². The lowest BCUT2D eigenvalue weighted by atomic mass is 9.75. The van der Waals surface area contributed by atoms with Crippen molar-refractivity contribution in [2.75, 3.05) is 45.4 Å². The van der Waals surface area contributed by atoms with E-state index in [4.69, 9.17) is 10.5 Å². The molecule has 2 rings (SSSR count). The highest BCUT2D eigenvalue weighted by Crippen LogP contribution is 2.38. The van der Waals surface area contributed by atoms with Crippen molar-refractivity contribution in [2.45, 2.75) is 24.8 Å². The Balaban J connectivity index is 2.18. The number of rotatable bonds is 5. The van der Waals surface area contributed by atoms with Crippen molar-refractivity contribution in [3.8, 4) is 5.88 Å². The lowest BCUT2D eigenvalue weighted by Crippen LogP contribution is -2.57. The first kappa shape index (κ1) is 13.9. The first-order chi connectivity index (χ1) is 9.00. The third kappa shape index (κ3) is 2.45. The fourth-order valence-electron chi connectivity index (χ4n) is 2.69. The molecule has 1 aromatic heterocycles. The third-order valence-corrected chi connectivity index (χ3v) is 4.15. The number of anilines is 2. The van der Waals surface area contributed by atoms with Crippen LogP contribution in [0.1, 0.15) is 19.3 Å². The van der Waals surface area contributed by atoms with Crippen molar-refractivity contribution in [3.63, 3.8) is 0 Å². The summed E-state index contributed by atoms with van der Waals surface area (Å²) in [6.45, 7) is 0.907. The van der Waals surface area contributed by atoms with Crippen LogP contribution >= 0.6 is 0 Å². The fourth-order valence-corrected chi connectivity index (χ4v) is 2.69. The molecule has 0 radical (unpaired) electrons. The molecule has 0 spiro atoms. The lowest BCUT2D eigenvalue weighted by Gasteiger charge is -2.49. The van der Waals surface area contributed by atoms with E-state index in [1.54, 1.807) is 7.11 Å². The van der Waals surface area contributed by atoms with Crippen LogP contribution in [0, 0.1) is 0 Å². The molecule has 0 atom stereocenters. The normalized spacial score (nSPS) is 17.1. The van der Waals surface area contributed by atoms with Gasteiger partial charge >= 0.3 is 0 Å². The number of nitrogen functional groups attached to an aromatic ring is 1. The molecule has 0 amide bonds. The molecule has 19 heavy (non-hydrogen) atoms.